The third-order valence-corrected chi connectivity index (χ3v) is 3.36. The van der Waals surface area contributed by atoms with E-state index in [0.717, 1.165) is 11.1 Å². The summed E-state index contributed by atoms with van der Waals surface area (Å²) in [6.07, 6.45) is -0.212. The molecule has 3 nitrogen and oxygen atoms in total. The van der Waals surface area contributed by atoms with Gasteiger partial charge in [-0.05, 0) is 32.9 Å². The summed E-state index contributed by atoms with van der Waals surface area (Å²) in [7, 11) is 0. The molecule has 0 aliphatic rings. The van der Waals surface area contributed by atoms with E-state index in [9.17, 15) is 0 Å². The van der Waals surface area contributed by atoms with Crippen molar-refractivity contribution in [1.82, 2.24) is 0 Å². The van der Waals surface area contributed by atoms with Crippen LogP contribution in [-0.4, -0.2) is 18.3 Å². The molecule has 0 saturated carbocycles. The molecule has 4 heteroatoms. The van der Waals surface area contributed by atoms with Crippen LogP contribution in [0.2, 0.25) is 5.02 Å². The first-order chi connectivity index (χ1) is 10.6. The molecule has 0 fully saturated rings. The van der Waals surface area contributed by atoms with Gasteiger partial charge in [-0.15, -0.1) is 0 Å². The van der Waals surface area contributed by atoms with Gasteiger partial charge in [0.2, 0.25) is 0 Å². The molecule has 0 aliphatic carbocycles. The summed E-state index contributed by atoms with van der Waals surface area (Å²) in [4.78, 5) is 0. The smallest absolute Gasteiger partial charge is 0.183 e. The van der Waals surface area contributed by atoms with Crippen molar-refractivity contribution in [2.45, 2.75) is 27.1 Å². The molecular weight excluding hydrogens is 300 g/mol. The first kappa shape index (κ1) is 18.5. The highest BCUT2D eigenvalue weighted by Crippen LogP contribution is 2.23. The van der Waals surface area contributed by atoms with Crippen LogP contribution in [0.5, 0.6) is 5.75 Å². The third kappa shape index (κ3) is 6.06. The first-order valence-corrected chi connectivity index (χ1v) is 7.70. The van der Waals surface area contributed by atoms with Crippen molar-refractivity contribution in [1.29, 1.82) is 0 Å². The Hall–Kier alpha value is -1.55. The predicted molar refractivity (Wildman–Crippen MR) is 90.3 cm³/mol. The van der Waals surface area contributed by atoms with Crippen LogP contribution in [0.3, 0.4) is 0 Å². The molecule has 0 amide bonds. The van der Waals surface area contributed by atoms with Crippen LogP contribution < -0.4 is 0 Å². The van der Waals surface area contributed by atoms with Crippen LogP contribution in [0.25, 0.3) is 0 Å². The van der Waals surface area contributed by atoms with Gasteiger partial charge >= 0.3 is 0 Å². The maximum atomic E-state index is 9.02. The fraction of sp³-hybridized carbons (Fsp3) is 0.333. The normalized spacial score (nSPS) is 10.2. The van der Waals surface area contributed by atoms with Crippen molar-refractivity contribution in [2.24, 2.45) is 0 Å². The minimum Gasteiger partial charge on any atom is -0.508 e. The minimum absolute atomic E-state index is 0.212. The van der Waals surface area contributed by atoms with Gasteiger partial charge in [0.25, 0.3) is 0 Å². The molecule has 0 aromatic heterocycles. The van der Waals surface area contributed by atoms with Gasteiger partial charge in [-0.1, -0.05) is 48.0 Å². The van der Waals surface area contributed by atoms with Gasteiger partial charge in [-0.25, -0.2) is 0 Å². The van der Waals surface area contributed by atoms with E-state index in [1.54, 1.807) is 25.1 Å². The van der Waals surface area contributed by atoms with Crippen LogP contribution >= 0.6 is 11.6 Å². The molecule has 0 heterocycles. The molecule has 1 N–H and O–H groups in total. The predicted octanol–water partition coefficient (Wildman–Crippen LogP) is 5.11. The van der Waals surface area contributed by atoms with Crippen molar-refractivity contribution in [3.05, 3.63) is 64.7 Å². The monoisotopic (exact) mass is 322 g/mol. The van der Waals surface area contributed by atoms with Gasteiger partial charge in [-0.2, -0.15) is 0 Å². The van der Waals surface area contributed by atoms with Gasteiger partial charge in [-0.3, -0.25) is 0 Å². The van der Waals surface area contributed by atoms with Crippen molar-refractivity contribution in [2.75, 3.05) is 13.2 Å². The number of phenolic OH excluding ortho intramolecular Hbond substituents is 1. The van der Waals surface area contributed by atoms with Crippen LogP contribution in [0.4, 0.5) is 0 Å². The van der Waals surface area contributed by atoms with E-state index in [1.807, 2.05) is 44.2 Å². The first-order valence-electron chi connectivity index (χ1n) is 7.32. The largest absolute Gasteiger partial charge is 0.508 e. The van der Waals surface area contributed by atoms with Crippen LogP contribution in [0.1, 0.15) is 31.3 Å². The molecule has 0 atom stereocenters. The van der Waals surface area contributed by atoms with E-state index in [-0.39, 0.29) is 12.0 Å². The van der Waals surface area contributed by atoms with Crippen LogP contribution in [0.15, 0.2) is 48.5 Å². The van der Waals surface area contributed by atoms with E-state index in [4.69, 9.17) is 26.2 Å². The molecule has 2 aromatic rings. The number of halogens is 1. The Kier molecular flexibility index (Phi) is 8.60. The fourth-order valence-electron chi connectivity index (χ4n) is 1.75. The van der Waals surface area contributed by atoms with Gasteiger partial charge in [0, 0.05) is 29.4 Å². The molecule has 0 spiro atoms. The summed E-state index contributed by atoms with van der Waals surface area (Å²) >= 11 is 5.65. The topological polar surface area (TPSA) is 38.7 Å². The van der Waals surface area contributed by atoms with Crippen LogP contribution in [0, 0.1) is 6.92 Å². The number of aromatic hydroxyl groups is 1. The second-order valence-corrected chi connectivity index (χ2v) is 4.94. The van der Waals surface area contributed by atoms with E-state index >= 15 is 0 Å². The van der Waals surface area contributed by atoms with Gasteiger partial charge in [0.15, 0.2) is 6.29 Å². The Balaban J connectivity index is 0.000000235. The Morgan fingerprint density at radius 1 is 0.955 bits per heavy atom. The number of phenols is 1. The highest BCUT2D eigenvalue weighted by atomic mass is 35.5. The summed E-state index contributed by atoms with van der Waals surface area (Å²) < 4.78 is 10.9. The molecule has 0 saturated heterocycles. The SMILES string of the molecule is CCOC(OCC)c1ccccc1.Cc1c(O)cccc1Cl. The molecule has 0 bridgehead atoms. The highest BCUT2D eigenvalue weighted by Gasteiger charge is 2.09. The van der Waals surface area contributed by atoms with Crippen molar-refractivity contribution in [3.8, 4) is 5.75 Å². The molecule has 2 rings (SSSR count). The lowest BCUT2D eigenvalue weighted by Crippen LogP contribution is -2.08. The molecule has 22 heavy (non-hydrogen) atoms. The third-order valence-electron chi connectivity index (χ3n) is 2.95. The average molecular weight is 323 g/mol. The Labute approximate surface area is 137 Å². The average Bonchev–Trinajstić information content (AvgIpc) is 2.54. The molecule has 2 aromatic carbocycles. The summed E-state index contributed by atoms with van der Waals surface area (Å²) in [6.45, 7) is 7.04. The lowest BCUT2D eigenvalue weighted by molar-refractivity contribution is -0.140. The summed E-state index contributed by atoms with van der Waals surface area (Å²) in [6, 6.07) is 15.0. The van der Waals surface area contributed by atoms with E-state index in [2.05, 4.69) is 0 Å². The zero-order valence-electron chi connectivity index (χ0n) is 13.3. The van der Waals surface area contributed by atoms with E-state index < -0.39 is 0 Å². The Bertz CT molecular complexity index is 517. The van der Waals surface area contributed by atoms with Gasteiger partial charge < -0.3 is 14.6 Å². The number of hydrogen-bond donors (Lipinski definition) is 1. The van der Waals surface area contributed by atoms with Crippen molar-refractivity contribution in [3.63, 3.8) is 0 Å². The highest BCUT2D eigenvalue weighted by molar-refractivity contribution is 6.31. The molecular formula is C18H23ClO3. The molecule has 0 radical (unpaired) electrons. The molecule has 120 valence electrons. The number of ether oxygens (including phenoxy) is 2. The van der Waals surface area contributed by atoms with Gasteiger partial charge in [0.1, 0.15) is 5.75 Å². The lowest BCUT2D eigenvalue weighted by atomic mass is 10.2. The Morgan fingerprint density at radius 2 is 1.55 bits per heavy atom. The van der Waals surface area contributed by atoms with Crippen molar-refractivity contribution < 1.29 is 14.6 Å². The number of benzene rings is 2. The minimum atomic E-state index is -0.212. The van der Waals surface area contributed by atoms with Crippen molar-refractivity contribution >= 4 is 11.6 Å². The standard InChI is InChI=1S/C11H16O2.C7H7ClO/c1-3-12-11(13-4-2)10-8-6-5-7-9-10;1-5-6(8)3-2-4-7(5)9/h5-9,11H,3-4H2,1-2H3;2-4,9H,1H3. The Morgan fingerprint density at radius 3 is 2.00 bits per heavy atom. The van der Waals surface area contributed by atoms with E-state index in [1.165, 1.54) is 0 Å². The quantitative estimate of drug-likeness (QED) is 0.777. The lowest BCUT2D eigenvalue weighted by Gasteiger charge is -2.16. The second-order valence-electron chi connectivity index (χ2n) is 4.54. The molecule has 0 unspecified atom stereocenters. The second kappa shape index (κ2) is 10.2. The zero-order valence-corrected chi connectivity index (χ0v) is 14.0. The molecule has 0 aliphatic heterocycles. The summed E-state index contributed by atoms with van der Waals surface area (Å²) in [5.41, 5.74) is 1.81. The van der Waals surface area contributed by atoms with E-state index in [0.29, 0.717) is 18.2 Å². The number of rotatable bonds is 5. The van der Waals surface area contributed by atoms with Crippen LogP contribution in [-0.2, 0) is 9.47 Å². The summed E-state index contributed by atoms with van der Waals surface area (Å²) in [5.74, 6) is 0.252. The zero-order chi connectivity index (χ0) is 16.4. The maximum absolute atomic E-state index is 9.02. The summed E-state index contributed by atoms with van der Waals surface area (Å²) in [5, 5.41) is 9.62. The number of hydrogen-bond acceptors (Lipinski definition) is 3. The van der Waals surface area contributed by atoms with Gasteiger partial charge in [0.05, 0.1) is 0 Å². The maximum Gasteiger partial charge on any atom is 0.183 e. The fourth-order valence-corrected chi connectivity index (χ4v) is 1.92.